The van der Waals surface area contributed by atoms with Gasteiger partial charge in [0.05, 0.1) is 22.6 Å². The van der Waals surface area contributed by atoms with Gasteiger partial charge in [-0.15, -0.1) is 13.2 Å². The van der Waals surface area contributed by atoms with Gasteiger partial charge in [-0.25, -0.2) is 4.79 Å². The maximum absolute atomic E-state index is 12.5. The van der Waals surface area contributed by atoms with Crippen molar-refractivity contribution in [2.75, 3.05) is 10.6 Å². The molecule has 174 valence electrons. The summed E-state index contributed by atoms with van der Waals surface area (Å²) < 4.78 is 48.2. The zero-order valence-electron chi connectivity index (χ0n) is 17.2. The minimum atomic E-state index is -4.79. The summed E-state index contributed by atoms with van der Waals surface area (Å²) >= 11 is 6.26. The summed E-state index contributed by atoms with van der Waals surface area (Å²) in [5.74, 6) is 0.302. The van der Waals surface area contributed by atoms with Crippen molar-refractivity contribution >= 4 is 29.0 Å². The van der Waals surface area contributed by atoms with E-state index < -0.39 is 18.1 Å². The number of hydrogen-bond donors (Lipinski definition) is 2. The predicted octanol–water partition coefficient (Wildman–Crippen LogP) is 6.86. The number of amides is 2. The Bertz CT molecular complexity index is 1290. The lowest BCUT2D eigenvalue weighted by Crippen LogP contribution is -2.20. The topological polar surface area (TPSA) is 77.4 Å². The smallest absolute Gasteiger partial charge is 0.437 e. The summed E-state index contributed by atoms with van der Waals surface area (Å²) in [4.78, 5) is 12.5. The molecule has 3 aromatic carbocycles. The largest absolute Gasteiger partial charge is 0.573 e. The Morgan fingerprint density at radius 3 is 2.35 bits per heavy atom. The Morgan fingerprint density at radius 2 is 1.62 bits per heavy atom. The third kappa shape index (κ3) is 5.78. The van der Waals surface area contributed by atoms with Crippen LogP contribution in [0.1, 0.15) is 0 Å². The van der Waals surface area contributed by atoms with E-state index in [1.165, 1.54) is 16.8 Å². The number of benzene rings is 3. The van der Waals surface area contributed by atoms with Crippen LogP contribution in [0.3, 0.4) is 0 Å². The lowest BCUT2D eigenvalue weighted by Gasteiger charge is -2.14. The molecular formula is C23H16ClF3N4O3. The Hall–Kier alpha value is -4.18. The van der Waals surface area contributed by atoms with Gasteiger partial charge in [0.25, 0.3) is 0 Å². The van der Waals surface area contributed by atoms with Gasteiger partial charge in [0, 0.05) is 11.8 Å². The van der Waals surface area contributed by atoms with Crippen molar-refractivity contribution in [3.8, 4) is 23.1 Å². The summed E-state index contributed by atoms with van der Waals surface area (Å²) in [5, 5.41) is 9.91. The van der Waals surface area contributed by atoms with Crippen LogP contribution in [0.4, 0.5) is 29.3 Å². The van der Waals surface area contributed by atoms with E-state index in [-0.39, 0.29) is 5.69 Å². The maximum Gasteiger partial charge on any atom is 0.573 e. The highest BCUT2D eigenvalue weighted by Gasteiger charge is 2.31. The van der Waals surface area contributed by atoms with E-state index in [0.717, 1.165) is 12.1 Å². The number of alkyl halides is 3. The minimum absolute atomic E-state index is 0.266. The van der Waals surface area contributed by atoms with Gasteiger partial charge in [-0.1, -0.05) is 35.9 Å². The van der Waals surface area contributed by atoms with Gasteiger partial charge in [-0.3, -0.25) is 0 Å². The lowest BCUT2D eigenvalue weighted by molar-refractivity contribution is -0.274. The minimum Gasteiger partial charge on any atom is -0.437 e. The summed E-state index contributed by atoms with van der Waals surface area (Å²) in [7, 11) is 0. The molecule has 0 fully saturated rings. The number of urea groups is 1. The highest BCUT2D eigenvalue weighted by atomic mass is 35.5. The number of ether oxygens (including phenoxy) is 2. The number of para-hydroxylation sites is 3. The number of anilines is 2. The van der Waals surface area contributed by atoms with Gasteiger partial charge in [0.15, 0.2) is 5.75 Å². The van der Waals surface area contributed by atoms with Gasteiger partial charge >= 0.3 is 12.4 Å². The molecule has 11 heteroatoms. The number of carbonyl (C=O) groups excluding carboxylic acids is 1. The van der Waals surface area contributed by atoms with E-state index in [1.54, 1.807) is 54.7 Å². The molecule has 2 N–H and O–H groups in total. The van der Waals surface area contributed by atoms with E-state index in [2.05, 4.69) is 20.5 Å². The molecule has 1 aromatic heterocycles. The molecule has 34 heavy (non-hydrogen) atoms. The Morgan fingerprint density at radius 1 is 0.912 bits per heavy atom. The van der Waals surface area contributed by atoms with Gasteiger partial charge in [0.1, 0.15) is 5.75 Å². The number of nitrogens with one attached hydrogen (secondary N) is 2. The van der Waals surface area contributed by atoms with Crippen LogP contribution < -0.4 is 20.1 Å². The fourth-order valence-electron chi connectivity index (χ4n) is 2.97. The first-order chi connectivity index (χ1) is 16.3. The van der Waals surface area contributed by atoms with Crippen LogP contribution in [0.25, 0.3) is 5.69 Å². The molecule has 0 aliphatic rings. The van der Waals surface area contributed by atoms with Crippen LogP contribution in [0.15, 0.2) is 85.1 Å². The van der Waals surface area contributed by atoms with Crippen LogP contribution in [0.2, 0.25) is 5.02 Å². The van der Waals surface area contributed by atoms with Crippen LogP contribution in [-0.4, -0.2) is 22.2 Å². The molecule has 7 nitrogen and oxygen atoms in total. The number of carbonyl (C=O) groups is 1. The summed E-state index contributed by atoms with van der Waals surface area (Å²) in [6.07, 6.45) is -3.25. The third-order valence-corrected chi connectivity index (χ3v) is 4.70. The maximum atomic E-state index is 12.5. The molecule has 0 radical (unpaired) electrons. The standard InChI is InChI=1S/C23H16ClF3N4O3/c24-17-5-1-3-7-19(17)31-21(13-14-28-31)33-20-8-4-2-6-18(20)30-22(32)29-15-9-11-16(12-10-15)34-23(25,26)27/h1-14H,(H2,29,30,32). The number of aromatic nitrogens is 2. The zero-order valence-corrected chi connectivity index (χ0v) is 18.0. The molecule has 0 atom stereocenters. The molecule has 4 rings (SSSR count). The molecule has 0 aliphatic carbocycles. The summed E-state index contributed by atoms with van der Waals surface area (Å²) in [6.45, 7) is 0. The fourth-order valence-corrected chi connectivity index (χ4v) is 3.18. The van der Waals surface area contributed by atoms with E-state index in [4.69, 9.17) is 16.3 Å². The summed E-state index contributed by atoms with van der Waals surface area (Å²) in [5.41, 5.74) is 1.23. The SMILES string of the molecule is O=C(Nc1ccc(OC(F)(F)F)cc1)Nc1ccccc1Oc1ccnn1-c1ccccc1Cl. The van der Waals surface area contributed by atoms with Gasteiger partial charge in [0.2, 0.25) is 5.88 Å². The number of nitrogens with zero attached hydrogens (tertiary/aromatic N) is 2. The highest BCUT2D eigenvalue weighted by molar-refractivity contribution is 6.32. The molecule has 0 saturated carbocycles. The van der Waals surface area contributed by atoms with Crippen LogP contribution >= 0.6 is 11.6 Å². The Labute approximate surface area is 196 Å². The molecule has 0 spiro atoms. The highest BCUT2D eigenvalue weighted by Crippen LogP contribution is 2.32. The average Bonchev–Trinajstić information content (AvgIpc) is 3.24. The van der Waals surface area contributed by atoms with Crippen molar-refractivity contribution in [1.82, 2.24) is 9.78 Å². The second kappa shape index (κ2) is 9.75. The number of halogens is 4. The van der Waals surface area contributed by atoms with E-state index >= 15 is 0 Å². The van der Waals surface area contributed by atoms with Crippen LogP contribution in [-0.2, 0) is 0 Å². The molecule has 0 aliphatic heterocycles. The van der Waals surface area contributed by atoms with Gasteiger partial charge in [-0.05, 0) is 48.5 Å². The van der Waals surface area contributed by atoms with E-state index in [0.29, 0.717) is 28.0 Å². The molecule has 2 amide bonds. The third-order valence-electron chi connectivity index (χ3n) is 4.38. The van der Waals surface area contributed by atoms with Crippen LogP contribution in [0, 0.1) is 0 Å². The number of rotatable bonds is 6. The zero-order chi connectivity index (χ0) is 24.1. The van der Waals surface area contributed by atoms with Crippen molar-refractivity contribution < 1.29 is 27.4 Å². The van der Waals surface area contributed by atoms with Crippen molar-refractivity contribution in [3.63, 3.8) is 0 Å². The van der Waals surface area contributed by atoms with Gasteiger partial charge < -0.3 is 20.1 Å². The van der Waals surface area contributed by atoms with Crippen molar-refractivity contribution in [3.05, 3.63) is 90.1 Å². The summed E-state index contributed by atoms with van der Waals surface area (Å²) in [6, 6.07) is 19.6. The second-order valence-corrected chi connectivity index (χ2v) is 7.19. The van der Waals surface area contributed by atoms with Gasteiger partial charge in [-0.2, -0.15) is 9.78 Å². The molecule has 0 saturated heterocycles. The van der Waals surface area contributed by atoms with Crippen molar-refractivity contribution in [1.29, 1.82) is 0 Å². The second-order valence-electron chi connectivity index (χ2n) is 6.78. The molecule has 0 unspecified atom stereocenters. The first kappa shape index (κ1) is 23.0. The van der Waals surface area contributed by atoms with Crippen LogP contribution in [0.5, 0.6) is 17.4 Å². The normalized spacial score (nSPS) is 11.1. The van der Waals surface area contributed by atoms with E-state index in [1.807, 2.05) is 6.07 Å². The van der Waals surface area contributed by atoms with Crippen molar-refractivity contribution in [2.45, 2.75) is 6.36 Å². The molecule has 1 heterocycles. The first-order valence-corrected chi connectivity index (χ1v) is 10.2. The first-order valence-electron chi connectivity index (χ1n) is 9.78. The van der Waals surface area contributed by atoms with E-state index in [9.17, 15) is 18.0 Å². The monoisotopic (exact) mass is 488 g/mol. The Kier molecular flexibility index (Phi) is 6.60. The Balaban J connectivity index is 1.46. The average molecular weight is 489 g/mol. The predicted molar refractivity (Wildman–Crippen MR) is 121 cm³/mol. The lowest BCUT2D eigenvalue weighted by atomic mass is 10.3. The quantitative estimate of drug-likeness (QED) is 0.311. The molecular weight excluding hydrogens is 473 g/mol. The molecule has 0 bridgehead atoms. The van der Waals surface area contributed by atoms with Crippen molar-refractivity contribution in [2.24, 2.45) is 0 Å². The number of hydrogen-bond acceptors (Lipinski definition) is 4. The molecule has 4 aromatic rings. The fraction of sp³-hybridized carbons (Fsp3) is 0.0435.